The van der Waals surface area contributed by atoms with Gasteiger partial charge in [0.15, 0.2) is 0 Å². The van der Waals surface area contributed by atoms with Gasteiger partial charge in [-0.15, -0.1) is 0 Å². The Morgan fingerprint density at radius 2 is 1.36 bits per heavy atom. The molecule has 0 heterocycles. The first-order valence-electron chi connectivity index (χ1n) is 10.5. The van der Waals surface area contributed by atoms with Gasteiger partial charge < -0.3 is 4.74 Å². The van der Waals surface area contributed by atoms with Gasteiger partial charge in [-0.05, 0) is 55.0 Å². The second-order valence-electron chi connectivity index (χ2n) is 7.72. The van der Waals surface area contributed by atoms with Crippen LogP contribution in [0, 0.1) is 0 Å². The van der Waals surface area contributed by atoms with Crippen molar-refractivity contribution in [2.75, 3.05) is 0 Å². The van der Waals surface area contributed by atoms with E-state index in [0.29, 0.717) is 11.3 Å². The van der Waals surface area contributed by atoms with Crippen LogP contribution >= 0.6 is 0 Å². The zero-order valence-corrected chi connectivity index (χ0v) is 17.9. The van der Waals surface area contributed by atoms with Crippen LogP contribution in [0.2, 0.25) is 0 Å². The van der Waals surface area contributed by atoms with E-state index in [1.54, 1.807) is 6.92 Å². The number of carbonyl (C=O) groups excluding carboxylic acids is 1. The number of benzene rings is 2. The Morgan fingerprint density at radius 3 is 1.79 bits per heavy atom. The zero-order chi connectivity index (χ0) is 20.6. The summed E-state index contributed by atoms with van der Waals surface area (Å²) in [6, 6.07) is 17.2. The molecular weight excluding hydrogens is 344 g/mol. The first-order valence-corrected chi connectivity index (χ1v) is 10.5. The van der Waals surface area contributed by atoms with Gasteiger partial charge in [-0.25, -0.2) is 4.79 Å². The summed E-state index contributed by atoms with van der Waals surface area (Å²) in [4.78, 5) is 11.8. The van der Waals surface area contributed by atoms with Crippen LogP contribution in [0.15, 0.2) is 60.7 Å². The summed E-state index contributed by atoms with van der Waals surface area (Å²) in [6.45, 7) is 12.0. The van der Waals surface area contributed by atoms with Gasteiger partial charge in [0.05, 0.1) is 0 Å². The van der Waals surface area contributed by atoms with Gasteiger partial charge in [-0.3, -0.25) is 0 Å². The molecule has 2 aromatic carbocycles. The maximum atomic E-state index is 11.8. The van der Waals surface area contributed by atoms with E-state index in [9.17, 15) is 4.79 Å². The van der Waals surface area contributed by atoms with Gasteiger partial charge in [0, 0.05) is 11.0 Å². The lowest BCUT2D eigenvalue weighted by Crippen LogP contribution is -2.27. The van der Waals surface area contributed by atoms with Crippen molar-refractivity contribution >= 4 is 5.97 Å². The number of hydrogen-bond donors (Lipinski definition) is 0. The SMILES string of the molecule is C=C(C)C(=O)Oc1ccc(C(CCC)(CCC)c2ccc(CCC)cc2)cc1. The van der Waals surface area contributed by atoms with Crippen LogP contribution in [0.1, 0.15) is 76.5 Å². The molecule has 0 radical (unpaired) electrons. The summed E-state index contributed by atoms with van der Waals surface area (Å²) in [5.41, 5.74) is 4.46. The monoisotopic (exact) mass is 378 g/mol. The summed E-state index contributed by atoms with van der Waals surface area (Å²) in [6.07, 6.45) is 6.71. The molecule has 0 unspecified atom stereocenters. The van der Waals surface area contributed by atoms with Crippen molar-refractivity contribution in [2.45, 2.75) is 71.6 Å². The summed E-state index contributed by atoms with van der Waals surface area (Å²) < 4.78 is 5.37. The maximum absolute atomic E-state index is 11.8. The normalized spacial score (nSPS) is 11.3. The van der Waals surface area contributed by atoms with Gasteiger partial charge in [-0.2, -0.15) is 0 Å². The van der Waals surface area contributed by atoms with E-state index < -0.39 is 0 Å². The van der Waals surface area contributed by atoms with Crippen LogP contribution < -0.4 is 4.74 Å². The Kier molecular flexibility index (Phi) is 8.04. The van der Waals surface area contributed by atoms with Crippen molar-refractivity contribution in [3.05, 3.63) is 77.4 Å². The molecule has 2 rings (SSSR count). The fourth-order valence-corrected chi connectivity index (χ4v) is 4.04. The Morgan fingerprint density at radius 1 is 0.857 bits per heavy atom. The minimum absolute atomic E-state index is 0.00879. The predicted octanol–water partition coefficient (Wildman–Crippen LogP) is 7.01. The molecule has 0 aromatic heterocycles. The van der Waals surface area contributed by atoms with Crippen molar-refractivity contribution < 1.29 is 9.53 Å². The molecule has 0 fully saturated rings. The summed E-state index contributed by atoms with van der Waals surface area (Å²) in [7, 11) is 0. The van der Waals surface area contributed by atoms with E-state index in [1.165, 1.54) is 23.1 Å². The van der Waals surface area contributed by atoms with Crippen LogP contribution in [0.4, 0.5) is 0 Å². The van der Waals surface area contributed by atoms with E-state index in [2.05, 4.69) is 63.7 Å². The maximum Gasteiger partial charge on any atom is 0.338 e. The highest BCUT2D eigenvalue weighted by atomic mass is 16.5. The second-order valence-corrected chi connectivity index (χ2v) is 7.72. The molecule has 150 valence electrons. The number of ether oxygens (including phenoxy) is 1. The number of aryl methyl sites for hydroxylation is 1. The fourth-order valence-electron chi connectivity index (χ4n) is 4.04. The highest BCUT2D eigenvalue weighted by Gasteiger charge is 2.32. The molecule has 0 amide bonds. The summed E-state index contributed by atoms with van der Waals surface area (Å²) in [5.74, 6) is 0.185. The van der Waals surface area contributed by atoms with Crippen LogP contribution in [-0.4, -0.2) is 5.97 Å². The quantitative estimate of drug-likeness (QED) is 0.252. The van der Waals surface area contributed by atoms with Gasteiger partial charge >= 0.3 is 5.97 Å². The molecule has 0 aliphatic heterocycles. The van der Waals surface area contributed by atoms with E-state index in [-0.39, 0.29) is 11.4 Å². The average molecular weight is 379 g/mol. The van der Waals surface area contributed by atoms with E-state index in [1.807, 2.05) is 12.1 Å². The third kappa shape index (κ3) is 5.13. The predicted molar refractivity (Wildman–Crippen MR) is 118 cm³/mol. The molecule has 0 atom stereocenters. The van der Waals surface area contributed by atoms with Crippen LogP contribution in [0.25, 0.3) is 0 Å². The fraction of sp³-hybridized carbons (Fsp3) is 0.423. The zero-order valence-electron chi connectivity index (χ0n) is 17.9. The lowest BCUT2D eigenvalue weighted by Gasteiger charge is -2.35. The van der Waals surface area contributed by atoms with Crippen molar-refractivity contribution in [3.63, 3.8) is 0 Å². The van der Waals surface area contributed by atoms with E-state index >= 15 is 0 Å². The Hall–Kier alpha value is -2.35. The Balaban J connectivity index is 2.41. The molecular formula is C26H34O2. The minimum atomic E-state index is -0.382. The smallest absolute Gasteiger partial charge is 0.338 e. The lowest BCUT2D eigenvalue weighted by atomic mass is 9.68. The number of rotatable bonds is 10. The first-order chi connectivity index (χ1) is 13.5. The highest BCUT2D eigenvalue weighted by Crippen LogP contribution is 2.41. The van der Waals surface area contributed by atoms with Gasteiger partial charge in [-0.1, -0.05) is 83.0 Å². The van der Waals surface area contributed by atoms with E-state index in [0.717, 1.165) is 32.1 Å². The third-order valence-corrected chi connectivity index (χ3v) is 5.36. The molecule has 0 N–H and O–H groups in total. The third-order valence-electron chi connectivity index (χ3n) is 5.36. The van der Waals surface area contributed by atoms with Crippen molar-refractivity contribution in [1.29, 1.82) is 0 Å². The van der Waals surface area contributed by atoms with Gasteiger partial charge in [0.1, 0.15) is 5.75 Å². The molecule has 0 saturated heterocycles. The highest BCUT2D eigenvalue weighted by molar-refractivity contribution is 5.88. The number of carbonyl (C=O) groups is 1. The summed E-state index contributed by atoms with van der Waals surface area (Å²) in [5, 5.41) is 0. The number of esters is 1. The van der Waals surface area contributed by atoms with Crippen molar-refractivity contribution in [3.8, 4) is 5.75 Å². The Bertz CT molecular complexity index is 763. The molecule has 2 heteroatoms. The van der Waals surface area contributed by atoms with Gasteiger partial charge in [0.25, 0.3) is 0 Å². The Labute approximate surface area is 170 Å². The first kappa shape index (κ1) is 21.9. The van der Waals surface area contributed by atoms with Crippen LogP contribution in [-0.2, 0) is 16.6 Å². The lowest BCUT2D eigenvalue weighted by molar-refractivity contribution is -0.130. The standard InChI is InChI=1S/C26H34O2/c1-6-9-21-10-12-22(13-11-21)26(18-7-2,19-8-3)23-14-16-24(17-15-23)28-25(27)20(4)5/h10-17H,4,6-9,18-19H2,1-3,5H3. The molecule has 0 aliphatic rings. The van der Waals surface area contributed by atoms with Crippen LogP contribution in [0.3, 0.4) is 0 Å². The topological polar surface area (TPSA) is 26.3 Å². The molecule has 28 heavy (non-hydrogen) atoms. The number of hydrogen-bond acceptors (Lipinski definition) is 2. The largest absolute Gasteiger partial charge is 0.423 e. The summed E-state index contributed by atoms with van der Waals surface area (Å²) >= 11 is 0. The van der Waals surface area contributed by atoms with E-state index in [4.69, 9.17) is 4.74 Å². The minimum Gasteiger partial charge on any atom is -0.423 e. The average Bonchev–Trinajstić information content (AvgIpc) is 2.69. The van der Waals surface area contributed by atoms with Gasteiger partial charge in [0.2, 0.25) is 0 Å². The van der Waals surface area contributed by atoms with Crippen molar-refractivity contribution in [1.82, 2.24) is 0 Å². The molecule has 0 spiro atoms. The molecule has 0 aliphatic carbocycles. The van der Waals surface area contributed by atoms with Crippen molar-refractivity contribution in [2.24, 2.45) is 0 Å². The molecule has 2 nitrogen and oxygen atoms in total. The molecule has 2 aromatic rings. The molecule has 0 saturated carbocycles. The van der Waals surface area contributed by atoms with Crippen LogP contribution in [0.5, 0.6) is 5.75 Å². The molecule has 0 bridgehead atoms. The second kappa shape index (κ2) is 10.3.